The molecule has 0 saturated carbocycles. The van der Waals surface area contributed by atoms with Gasteiger partial charge in [-0.1, -0.05) is 76.8 Å². The Morgan fingerprint density at radius 2 is 1.23 bits per heavy atom. The minimum atomic E-state index is 1.16. The molecule has 0 atom stereocenters. The SMILES string of the molecule is CCCCCCCCCCCCC[n+]1c(C)n(C)c2c(C)ccc(C)c21. The maximum atomic E-state index is 2.55. The van der Waals surface area contributed by atoms with Crippen molar-refractivity contribution in [2.45, 2.75) is 105 Å². The van der Waals surface area contributed by atoms with Crippen LogP contribution in [0, 0.1) is 20.8 Å². The summed E-state index contributed by atoms with van der Waals surface area (Å²) in [6, 6.07) is 4.53. The van der Waals surface area contributed by atoms with Crippen LogP contribution in [0.2, 0.25) is 0 Å². The highest BCUT2D eigenvalue weighted by atomic mass is 15.2. The van der Waals surface area contributed by atoms with Crippen LogP contribution in [0.25, 0.3) is 11.0 Å². The maximum Gasteiger partial charge on any atom is 0.254 e. The third kappa shape index (κ3) is 5.34. The smallest absolute Gasteiger partial charge is 0.230 e. The Balaban J connectivity index is 1.74. The monoisotopic (exact) mass is 357 g/mol. The standard InChI is InChI=1S/C24H41N2/c1-6-7-8-9-10-11-12-13-14-15-16-19-26-22(4)25(5)23-20(2)17-18-21(3)24(23)26/h17-18H,6-16,19H2,1-5H3/q+1. The Bertz CT molecular complexity index is 681. The van der Waals surface area contributed by atoms with Gasteiger partial charge in [0, 0.05) is 18.1 Å². The van der Waals surface area contributed by atoms with Crippen molar-refractivity contribution >= 4 is 11.0 Å². The Morgan fingerprint density at radius 1 is 0.731 bits per heavy atom. The molecule has 1 aromatic heterocycles. The summed E-state index contributed by atoms with van der Waals surface area (Å²) in [5, 5.41) is 0. The zero-order valence-corrected chi connectivity index (χ0v) is 18.0. The van der Waals surface area contributed by atoms with Gasteiger partial charge in [0.1, 0.15) is 0 Å². The molecule has 0 spiro atoms. The lowest BCUT2D eigenvalue weighted by atomic mass is 10.1. The number of imidazole rings is 1. The average Bonchev–Trinajstić information content (AvgIpc) is 2.89. The molecule has 0 aliphatic carbocycles. The number of hydrogen-bond donors (Lipinski definition) is 0. The first kappa shape index (κ1) is 21.0. The molecule has 1 aromatic carbocycles. The Labute approximate surface area is 161 Å². The van der Waals surface area contributed by atoms with Crippen LogP contribution in [-0.2, 0) is 13.6 Å². The first-order chi connectivity index (χ1) is 12.6. The van der Waals surface area contributed by atoms with Crippen molar-refractivity contribution in [2.24, 2.45) is 7.05 Å². The number of nitrogens with zero attached hydrogens (tertiary/aromatic N) is 2. The van der Waals surface area contributed by atoms with Gasteiger partial charge >= 0.3 is 0 Å². The van der Waals surface area contributed by atoms with Gasteiger partial charge in [-0.15, -0.1) is 0 Å². The van der Waals surface area contributed by atoms with Gasteiger partial charge in [-0.3, -0.25) is 0 Å². The van der Waals surface area contributed by atoms with Gasteiger partial charge in [0.15, 0.2) is 11.0 Å². The van der Waals surface area contributed by atoms with E-state index in [2.05, 4.69) is 56.0 Å². The van der Waals surface area contributed by atoms with E-state index in [4.69, 9.17) is 0 Å². The summed E-state index contributed by atoms with van der Waals surface area (Å²) in [5.74, 6) is 1.38. The molecule has 146 valence electrons. The van der Waals surface area contributed by atoms with Gasteiger partial charge in [0.2, 0.25) is 0 Å². The Morgan fingerprint density at radius 3 is 1.81 bits per heavy atom. The van der Waals surface area contributed by atoms with E-state index in [1.54, 1.807) is 0 Å². The molecule has 0 unspecified atom stereocenters. The molecule has 0 aliphatic rings. The van der Waals surface area contributed by atoms with Crippen molar-refractivity contribution < 1.29 is 4.57 Å². The quantitative estimate of drug-likeness (QED) is 0.295. The zero-order valence-electron chi connectivity index (χ0n) is 18.0. The van der Waals surface area contributed by atoms with E-state index < -0.39 is 0 Å². The predicted molar refractivity (Wildman–Crippen MR) is 114 cm³/mol. The molecule has 0 N–H and O–H groups in total. The van der Waals surface area contributed by atoms with Gasteiger partial charge in [0.25, 0.3) is 5.82 Å². The topological polar surface area (TPSA) is 8.81 Å². The number of hydrogen-bond acceptors (Lipinski definition) is 0. The van der Waals surface area contributed by atoms with Crippen LogP contribution in [0.5, 0.6) is 0 Å². The summed E-state index contributed by atoms with van der Waals surface area (Å²) in [4.78, 5) is 0. The van der Waals surface area contributed by atoms with E-state index in [-0.39, 0.29) is 0 Å². The number of unbranched alkanes of at least 4 members (excludes halogenated alkanes) is 10. The van der Waals surface area contributed by atoms with E-state index in [1.165, 1.54) is 98.6 Å². The minimum Gasteiger partial charge on any atom is -0.230 e. The second kappa shape index (κ2) is 10.7. The van der Waals surface area contributed by atoms with Crippen molar-refractivity contribution in [1.29, 1.82) is 0 Å². The first-order valence-corrected chi connectivity index (χ1v) is 11.0. The van der Waals surface area contributed by atoms with Gasteiger partial charge in [-0.2, -0.15) is 0 Å². The summed E-state index contributed by atoms with van der Waals surface area (Å²) in [5.41, 5.74) is 5.63. The van der Waals surface area contributed by atoms with Gasteiger partial charge in [-0.05, 0) is 26.7 Å². The average molecular weight is 358 g/mol. The highest BCUT2D eigenvalue weighted by molar-refractivity contribution is 5.79. The lowest BCUT2D eigenvalue weighted by molar-refractivity contribution is -0.679. The molecule has 2 aromatic rings. The number of benzene rings is 1. The fourth-order valence-corrected chi connectivity index (χ4v) is 4.26. The van der Waals surface area contributed by atoms with E-state index in [9.17, 15) is 0 Å². The third-order valence-electron chi connectivity index (χ3n) is 6.02. The molecule has 0 saturated heterocycles. The van der Waals surface area contributed by atoms with Crippen LogP contribution in [-0.4, -0.2) is 4.57 Å². The predicted octanol–water partition coefficient (Wildman–Crippen LogP) is 6.70. The van der Waals surface area contributed by atoms with Crippen molar-refractivity contribution in [1.82, 2.24) is 4.57 Å². The van der Waals surface area contributed by atoms with E-state index >= 15 is 0 Å². The van der Waals surface area contributed by atoms with Crippen LogP contribution in [0.4, 0.5) is 0 Å². The zero-order chi connectivity index (χ0) is 18.9. The summed E-state index contributed by atoms with van der Waals surface area (Å²) >= 11 is 0. The lowest BCUT2D eigenvalue weighted by Gasteiger charge is -2.04. The molecular formula is C24H41N2+. The molecule has 2 rings (SSSR count). The number of aromatic nitrogens is 2. The molecular weight excluding hydrogens is 316 g/mol. The second-order valence-electron chi connectivity index (χ2n) is 8.19. The number of fused-ring (bicyclic) bond motifs is 1. The van der Waals surface area contributed by atoms with Crippen molar-refractivity contribution in [3.63, 3.8) is 0 Å². The number of rotatable bonds is 12. The largest absolute Gasteiger partial charge is 0.254 e. The van der Waals surface area contributed by atoms with Crippen LogP contribution >= 0.6 is 0 Å². The number of aryl methyl sites for hydroxylation is 4. The van der Waals surface area contributed by atoms with Crippen LogP contribution in [0.1, 0.15) is 94.5 Å². The van der Waals surface area contributed by atoms with Crippen LogP contribution < -0.4 is 4.57 Å². The summed E-state index contributed by atoms with van der Waals surface area (Å²) in [7, 11) is 2.21. The van der Waals surface area contributed by atoms with Crippen molar-refractivity contribution in [3.8, 4) is 0 Å². The maximum absolute atomic E-state index is 2.55. The highest BCUT2D eigenvalue weighted by Gasteiger charge is 2.21. The van der Waals surface area contributed by atoms with Gasteiger partial charge < -0.3 is 0 Å². The van der Waals surface area contributed by atoms with Crippen molar-refractivity contribution in [2.75, 3.05) is 0 Å². The van der Waals surface area contributed by atoms with E-state index in [1.807, 2.05) is 0 Å². The molecule has 1 heterocycles. The van der Waals surface area contributed by atoms with Crippen LogP contribution in [0.15, 0.2) is 12.1 Å². The normalized spacial score (nSPS) is 11.6. The molecule has 0 aliphatic heterocycles. The fraction of sp³-hybridized carbons (Fsp3) is 0.708. The molecule has 2 nitrogen and oxygen atoms in total. The van der Waals surface area contributed by atoms with Gasteiger partial charge in [0.05, 0.1) is 13.6 Å². The lowest BCUT2D eigenvalue weighted by Crippen LogP contribution is -2.36. The molecule has 26 heavy (non-hydrogen) atoms. The summed E-state index contributed by atoms with van der Waals surface area (Å²) < 4.78 is 4.92. The molecule has 2 heteroatoms. The van der Waals surface area contributed by atoms with Crippen LogP contribution in [0.3, 0.4) is 0 Å². The first-order valence-electron chi connectivity index (χ1n) is 11.0. The highest BCUT2D eigenvalue weighted by Crippen LogP contribution is 2.21. The van der Waals surface area contributed by atoms with E-state index in [0.29, 0.717) is 0 Å². The van der Waals surface area contributed by atoms with Gasteiger partial charge in [-0.25, -0.2) is 9.13 Å². The molecule has 0 fully saturated rings. The minimum absolute atomic E-state index is 1.16. The van der Waals surface area contributed by atoms with Crippen molar-refractivity contribution in [3.05, 3.63) is 29.1 Å². The Kier molecular flexibility index (Phi) is 8.68. The second-order valence-corrected chi connectivity index (χ2v) is 8.19. The summed E-state index contributed by atoms with van der Waals surface area (Å²) in [6.07, 6.45) is 15.5. The third-order valence-corrected chi connectivity index (χ3v) is 6.02. The summed E-state index contributed by atoms with van der Waals surface area (Å²) in [6.45, 7) is 10.2. The fourth-order valence-electron chi connectivity index (χ4n) is 4.26. The molecule has 0 radical (unpaired) electrons. The van der Waals surface area contributed by atoms with E-state index in [0.717, 1.165) is 6.54 Å². The molecule has 0 bridgehead atoms. The molecule has 0 amide bonds. The Hall–Kier alpha value is -1.31.